The maximum Gasteiger partial charge on any atom is 0.338 e. The van der Waals surface area contributed by atoms with Crippen LogP contribution in [0.3, 0.4) is 0 Å². The van der Waals surface area contributed by atoms with Crippen molar-refractivity contribution in [2.24, 2.45) is 0 Å². The number of para-hydroxylation sites is 2. The number of benzene rings is 2. The van der Waals surface area contributed by atoms with E-state index in [2.05, 4.69) is 10.6 Å². The van der Waals surface area contributed by atoms with Crippen LogP contribution in [0.1, 0.15) is 17.3 Å². The third-order valence-corrected chi connectivity index (χ3v) is 3.84. The molecule has 0 fully saturated rings. The lowest BCUT2D eigenvalue weighted by Crippen LogP contribution is -2.44. The standard InChI is InChI=1S/C19H17N3O5/c1-12(23)20-14-8-6-13(7-9-14)19(26)27-11-18(25)22-10-17(24)21-15-4-2-3-5-16(15)22/h2-9H,10-11H2,1H3,(H,20,23)(H,21,24). The van der Waals surface area contributed by atoms with E-state index >= 15 is 0 Å². The number of ether oxygens (including phenoxy) is 1. The van der Waals surface area contributed by atoms with Gasteiger partial charge < -0.3 is 15.4 Å². The second-order valence-electron chi connectivity index (χ2n) is 5.88. The summed E-state index contributed by atoms with van der Waals surface area (Å²) in [7, 11) is 0. The third-order valence-electron chi connectivity index (χ3n) is 3.84. The number of hydrogen-bond acceptors (Lipinski definition) is 5. The molecule has 3 rings (SSSR count). The molecule has 1 heterocycles. The normalized spacial score (nSPS) is 12.6. The molecule has 8 nitrogen and oxygen atoms in total. The summed E-state index contributed by atoms with van der Waals surface area (Å²) >= 11 is 0. The predicted molar refractivity (Wildman–Crippen MR) is 98.5 cm³/mol. The van der Waals surface area contributed by atoms with Crippen LogP contribution < -0.4 is 15.5 Å². The fourth-order valence-electron chi connectivity index (χ4n) is 2.64. The smallest absolute Gasteiger partial charge is 0.338 e. The van der Waals surface area contributed by atoms with Gasteiger partial charge in [0.05, 0.1) is 16.9 Å². The topological polar surface area (TPSA) is 105 Å². The zero-order valence-corrected chi connectivity index (χ0v) is 14.5. The first-order valence-electron chi connectivity index (χ1n) is 8.18. The fourth-order valence-corrected chi connectivity index (χ4v) is 2.64. The summed E-state index contributed by atoms with van der Waals surface area (Å²) in [5, 5.41) is 5.27. The number of hydrogen-bond donors (Lipinski definition) is 2. The Kier molecular flexibility index (Phi) is 5.16. The molecule has 2 aromatic rings. The molecule has 3 amide bonds. The summed E-state index contributed by atoms with van der Waals surface area (Å²) in [6.45, 7) is 0.750. The lowest BCUT2D eigenvalue weighted by atomic mass is 10.2. The van der Waals surface area contributed by atoms with E-state index in [4.69, 9.17) is 4.74 Å². The summed E-state index contributed by atoms with van der Waals surface area (Å²) in [6, 6.07) is 13.0. The quantitative estimate of drug-likeness (QED) is 0.802. The Balaban J connectivity index is 1.63. The lowest BCUT2D eigenvalue weighted by molar-refractivity contribution is -0.124. The van der Waals surface area contributed by atoms with Crippen LogP contribution in [0, 0.1) is 0 Å². The first-order valence-corrected chi connectivity index (χ1v) is 8.18. The molecule has 1 aliphatic rings. The number of nitrogens with one attached hydrogen (secondary N) is 2. The Morgan fingerprint density at radius 2 is 1.81 bits per heavy atom. The van der Waals surface area contributed by atoms with Crippen LogP contribution in [-0.4, -0.2) is 36.8 Å². The Morgan fingerprint density at radius 1 is 1.11 bits per heavy atom. The molecule has 138 valence electrons. The molecule has 0 spiro atoms. The highest BCUT2D eigenvalue weighted by Crippen LogP contribution is 2.28. The van der Waals surface area contributed by atoms with E-state index in [0.29, 0.717) is 17.1 Å². The first-order chi connectivity index (χ1) is 12.9. The van der Waals surface area contributed by atoms with Crippen molar-refractivity contribution in [2.75, 3.05) is 28.7 Å². The minimum Gasteiger partial charge on any atom is -0.452 e. The van der Waals surface area contributed by atoms with Gasteiger partial charge in [0, 0.05) is 12.6 Å². The summed E-state index contributed by atoms with van der Waals surface area (Å²) in [4.78, 5) is 48.6. The number of fused-ring (bicyclic) bond motifs is 1. The SMILES string of the molecule is CC(=O)Nc1ccc(C(=O)OCC(=O)N2CC(=O)Nc3ccccc32)cc1. The van der Waals surface area contributed by atoms with Gasteiger partial charge in [-0.1, -0.05) is 12.1 Å². The monoisotopic (exact) mass is 367 g/mol. The zero-order chi connectivity index (χ0) is 19.4. The van der Waals surface area contributed by atoms with Gasteiger partial charge in [0.25, 0.3) is 5.91 Å². The van der Waals surface area contributed by atoms with E-state index in [-0.39, 0.29) is 23.9 Å². The van der Waals surface area contributed by atoms with Crippen LogP contribution in [-0.2, 0) is 19.1 Å². The first kappa shape index (κ1) is 18.1. The molecule has 2 N–H and O–H groups in total. The van der Waals surface area contributed by atoms with E-state index in [1.54, 1.807) is 36.4 Å². The van der Waals surface area contributed by atoms with E-state index in [9.17, 15) is 19.2 Å². The summed E-state index contributed by atoms with van der Waals surface area (Å²) < 4.78 is 5.07. The molecular weight excluding hydrogens is 350 g/mol. The van der Waals surface area contributed by atoms with Crippen LogP contribution in [0.5, 0.6) is 0 Å². The molecule has 0 aliphatic carbocycles. The maximum absolute atomic E-state index is 12.4. The second-order valence-corrected chi connectivity index (χ2v) is 5.88. The number of rotatable bonds is 4. The van der Waals surface area contributed by atoms with Crippen molar-refractivity contribution >= 4 is 40.8 Å². The molecule has 2 aromatic carbocycles. The minimum atomic E-state index is -0.674. The Bertz CT molecular complexity index is 908. The molecule has 0 unspecified atom stereocenters. The molecular formula is C19H17N3O5. The summed E-state index contributed by atoms with van der Waals surface area (Å²) in [5.74, 6) is -1.71. The van der Waals surface area contributed by atoms with Crippen LogP contribution in [0.15, 0.2) is 48.5 Å². The van der Waals surface area contributed by atoms with Crippen molar-refractivity contribution in [3.05, 3.63) is 54.1 Å². The molecule has 1 aliphatic heterocycles. The van der Waals surface area contributed by atoms with Gasteiger partial charge in [0.15, 0.2) is 6.61 Å². The van der Waals surface area contributed by atoms with Crippen LogP contribution in [0.25, 0.3) is 0 Å². The molecule has 0 saturated carbocycles. The van der Waals surface area contributed by atoms with Gasteiger partial charge in [-0.25, -0.2) is 4.79 Å². The average Bonchev–Trinajstić information content (AvgIpc) is 2.65. The zero-order valence-electron chi connectivity index (χ0n) is 14.5. The summed E-state index contributed by atoms with van der Waals surface area (Å²) in [5.41, 5.74) is 1.87. The van der Waals surface area contributed by atoms with E-state index in [1.807, 2.05) is 0 Å². The Hall–Kier alpha value is -3.68. The van der Waals surface area contributed by atoms with Gasteiger partial charge in [0.2, 0.25) is 11.8 Å². The largest absolute Gasteiger partial charge is 0.452 e. The van der Waals surface area contributed by atoms with Crippen molar-refractivity contribution in [1.82, 2.24) is 0 Å². The van der Waals surface area contributed by atoms with Crippen LogP contribution in [0.4, 0.5) is 17.1 Å². The fraction of sp³-hybridized carbons (Fsp3) is 0.158. The van der Waals surface area contributed by atoms with E-state index in [1.165, 1.54) is 24.0 Å². The van der Waals surface area contributed by atoms with E-state index in [0.717, 1.165) is 0 Å². The Labute approximate surface area is 155 Å². The van der Waals surface area contributed by atoms with Gasteiger partial charge in [-0.15, -0.1) is 0 Å². The molecule has 0 radical (unpaired) electrons. The number of carbonyl (C=O) groups excluding carboxylic acids is 4. The molecule has 0 bridgehead atoms. The van der Waals surface area contributed by atoms with Gasteiger partial charge in [-0.3, -0.25) is 19.3 Å². The molecule has 0 saturated heterocycles. The van der Waals surface area contributed by atoms with Crippen molar-refractivity contribution in [1.29, 1.82) is 0 Å². The number of amides is 3. The number of nitrogens with zero attached hydrogens (tertiary/aromatic N) is 1. The molecule has 0 atom stereocenters. The second kappa shape index (κ2) is 7.69. The summed E-state index contributed by atoms with van der Waals surface area (Å²) in [6.07, 6.45) is 0. The number of carbonyl (C=O) groups is 4. The highest BCUT2D eigenvalue weighted by Gasteiger charge is 2.27. The maximum atomic E-state index is 12.4. The van der Waals surface area contributed by atoms with Crippen molar-refractivity contribution in [3.8, 4) is 0 Å². The Morgan fingerprint density at radius 3 is 2.52 bits per heavy atom. The van der Waals surface area contributed by atoms with Crippen molar-refractivity contribution in [3.63, 3.8) is 0 Å². The third kappa shape index (κ3) is 4.30. The lowest BCUT2D eigenvalue weighted by Gasteiger charge is -2.28. The van der Waals surface area contributed by atoms with Crippen molar-refractivity contribution < 1.29 is 23.9 Å². The number of anilines is 3. The highest BCUT2D eigenvalue weighted by molar-refractivity contribution is 6.10. The van der Waals surface area contributed by atoms with Gasteiger partial charge in [0.1, 0.15) is 6.54 Å². The minimum absolute atomic E-state index is 0.140. The van der Waals surface area contributed by atoms with Crippen LogP contribution >= 0.6 is 0 Å². The van der Waals surface area contributed by atoms with Gasteiger partial charge in [-0.05, 0) is 36.4 Å². The highest BCUT2D eigenvalue weighted by atomic mass is 16.5. The van der Waals surface area contributed by atoms with Gasteiger partial charge >= 0.3 is 5.97 Å². The average molecular weight is 367 g/mol. The van der Waals surface area contributed by atoms with Crippen LogP contribution in [0.2, 0.25) is 0 Å². The number of esters is 1. The van der Waals surface area contributed by atoms with Gasteiger partial charge in [-0.2, -0.15) is 0 Å². The molecule has 0 aromatic heterocycles. The predicted octanol–water partition coefficient (Wildman–Crippen LogP) is 1.79. The van der Waals surface area contributed by atoms with E-state index < -0.39 is 18.5 Å². The molecule has 8 heteroatoms. The van der Waals surface area contributed by atoms with Crippen molar-refractivity contribution in [2.45, 2.75) is 6.92 Å². The molecule has 27 heavy (non-hydrogen) atoms.